The molecular formula is C17H11F2N3O2. The highest BCUT2D eigenvalue weighted by Crippen LogP contribution is 2.30. The van der Waals surface area contributed by atoms with E-state index in [2.05, 4.69) is 15.5 Å². The Bertz CT molecular complexity index is 852. The molecule has 1 amide bonds. The fraction of sp³-hybridized carbons (Fsp3) is 0. The average molecular weight is 327 g/mol. The van der Waals surface area contributed by atoms with Crippen LogP contribution in [0.25, 0.3) is 0 Å². The molecule has 120 valence electrons. The maximum absolute atomic E-state index is 13.3. The highest BCUT2D eigenvalue weighted by atomic mass is 19.1. The van der Waals surface area contributed by atoms with E-state index in [9.17, 15) is 13.6 Å². The van der Waals surface area contributed by atoms with Gasteiger partial charge in [-0.2, -0.15) is 10.2 Å². The topological polar surface area (TPSA) is 64.1 Å². The Kier molecular flexibility index (Phi) is 4.42. The predicted molar refractivity (Wildman–Crippen MR) is 82.9 cm³/mol. The average Bonchev–Trinajstić information content (AvgIpc) is 2.56. The number of nitrogens with one attached hydrogen (secondary N) is 1. The van der Waals surface area contributed by atoms with Crippen molar-refractivity contribution in [2.45, 2.75) is 0 Å². The Morgan fingerprint density at radius 3 is 2.46 bits per heavy atom. The van der Waals surface area contributed by atoms with Crippen LogP contribution in [0.5, 0.6) is 11.5 Å². The summed E-state index contributed by atoms with van der Waals surface area (Å²) in [4.78, 5) is 12.2. The number of ether oxygens (including phenoxy) is 1. The van der Waals surface area contributed by atoms with E-state index >= 15 is 0 Å². The van der Waals surface area contributed by atoms with E-state index in [1.54, 1.807) is 24.3 Å². The molecule has 3 rings (SSSR count). The lowest BCUT2D eigenvalue weighted by molar-refractivity contribution is 0.102. The van der Waals surface area contributed by atoms with Gasteiger partial charge in [0.1, 0.15) is 17.4 Å². The number of carbonyl (C=O) groups excluding carboxylic acids is 1. The van der Waals surface area contributed by atoms with Crippen LogP contribution >= 0.6 is 0 Å². The van der Waals surface area contributed by atoms with Crippen molar-refractivity contribution < 1.29 is 18.3 Å². The molecule has 1 aromatic heterocycles. The van der Waals surface area contributed by atoms with Crippen LogP contribution in [0.15, 0.2) is 60.9 Å². The summed E-state index contributed by atoms with van der Waals surface area (Å²) < 4.78 is 32.0. The fourth-order valence-electron chi connectivity index (χ4n) is 1.99. The van der Waals surface area contributed by atoms with Crippen LogP contribution in [0.3, 0.4) is 0 Å². The van der Waals surface area contributed by atoms with E-state index in [4.69, 9.17) is 4.74 Å². The highest BCUT2D eigenvalue weighted by molar-refractivity contribution is 6.04. The molecule has 1 heterocycles. The fourth-order valence-corrected chi connectivity index (χ4v) is 1.99. The Labute approximate surface area is 135 Å². The van der Waals surface area contributed by atoms with E-state index < -0.39 is 17.5 Å². The van der Waals surface area contributed by atoms with Crippen LogP contribution in [-0.4, -0.2) is 16.1 Å². The second-order valence-electron chi connectivity index (χ2n) is 4.79. The first-order chi connectivity index (χ1) is 11.6. The number of benzene rings is 2. The van der Waals surface area contributed by atoms with Gasteiger partial charge in [-0.3, -0.25) is 4.79 Å². The minimum absolute atomic E-state index is 0.0141. The minimum Gasteiger partial charge on any atom is -0.455 e. The molecule has 0 unspecified atom stereocenters. The largest absolute Gasteiger partial charge is 0.455 e. The van der Waals surface area contributed by atoms with Gasteiger partial charge in [-0.1, -0.05) is 12.1 Å². The molecule has 2 aromatic carbocycles. The summed E-state index contributed by atoms with van der Waals surface area (Å²) in [5, 5.41) is 9.89. The molecule has 0 aliphatic carbocycles. The van der Waals surface area contributed by atoms with E-state index in [-0.39, 0.29) is 11.5 Å². The first-order valence-corrected chi connectivity index (χ1v) is 6.93. The smallest absolute Gasteiger partial charge is 0.257 e. The van der Waals surface area contributed by atoms with Crippen molar-refractivity contribution in [3.05, 3.63) is 78.1 Å². The lowest BCUT2D eigenvalue weighted by atomic mass is 10.2. The number of carbonyl (C=O) groups is 1. The summed E-state index contributed by atoms with van der Waals surface area (Å²) in [6.45, 7) is 0. The minimum atomic E-state index is -0.755. The quantitative estimate of drug-likeness (QED) is 0.791. The van der Waals surface area contributed by atoms with Gasteiger partial charge in [0.05, 0.1) is 23.6 Å². The molecule has 3 aromatic rings. The second kappa shape index (κ2) is 6.82. The summed E-state index contributed by atoms with van der Waals surface area (Å²) >= 11 is 0. The molecule has 0 spiro atoms. The van der Waals surface area contributed by atoms with Gasteiger partial charge in [0, 0.05) is 18.2 Å². The first kappa shape index (κ1) is 15.5. The monoisotopic (exact) mass is 327 g/mol. The Balaban J connectivity index is 1.84. The van der Waals surface area contributed by atoms with Crippen LogP contribution in [0.1, 0.15) is 10.4 Å². The maximum Gasteiger partial charge on any atom is 0.257 e. The third-order valence-electron chi connectivity index (χ3n) is 3.05. The number of amides is 1. The molecule has 24 heavy (non-hydrogen) atoms. The molecule has 0 saturated carbocycles. The molecule has 0 aliphatic rings. The third-order valence-corrected chi connectivity index (χ3v) is 3.05. The van der Waals surface area contributed by atoms with Crippen molar-refractivity contribution in [3.63, 3.8) is 0 Å². The summed E-state index contributed by atoms with van der Waals surface area (Å²) in [5.74, 6) is -1.69. The van der Waals surface area contributed by atoms with Crippen LogP contribution in [-0.2, 0) is 0 Å². The molecule has 0 aliphatic heterocycles. The number of halogens is 2. The number of hydrogen-bond acceptors (Lipinski definition) is 4. The number of anilines is 1. The number of aromatic nitrogens is 2. The van der Waals surface area contributed by atoms with Crippen molar-refractivity contribution in [1.82, 2.24) is 10.2 Å². The van der Waals surface area contributed by atoms with E-state index in [1.807, 2.05) is 0 Å². The molecule has 0 fully saturated rings. The zero-order valence-electron chi connectivity index (χ0n) is 12.2. The zero-order valence-corrected chi connectivity index (χ0v) is 12.2. The van der Waals surface area contributed by atoms with Gasteiger partial charge in [-0.15, -0.1) is 0 Å². The lowest BCUT2D eigenvalue weighted by Crippen LogP contribution is -2.12. The van der Waals surface area contributed by atoms with Gasteiger partial charge in [0.2, 0.25) is 0 Å². The Hall–Kier alpha value is -3.35. The van der Waals surface area contributed by atoms with Crippen LogP contribution in [0.2, 0.25) is 0 Å². The molecule has 0 atom stereocenters. The lowest BCUT2D eigenvalue weighted by Gasteiger charge is -2.12. The van der Waals surface area contributed by atoms with Crippen LogP contribution < -0.4 is 10.1 Å². The maximum atomic E-state index is 13.3. The SMILES string of the molecule is O=C(Nc1ccccc1Oc1cc(F)cc(F)c1)c1ccnnc1. The summed E-state index contributed by atoms with van der Waals surface area (Å²) in [5.41, 5.74) is 0.667. The molecule has 0 saturated heterocycles. The van der Waals surface area contributed by atoms with Crippen molar-refractivity contribution in [2.24, 2.45) is 0 Å². The molecule has 0 bridgehead atoms. The van der Waals surface area contributed by atoms with Gasteiger partial charge in [0.25, 0.3) is 5.91 Å². The van der Waals surface area contributed by atoms with Crippen molar-refractivity contribution in [3.8, 4) is 11.5 Å². The number of nitrogens with zero attached hydrogens (tertiary/aromatic N) is 2. The molecule has 1 N–H and O–H groups in total. The Morgan fingerprint density at radius 1 is 1.00 bits per heavy atom. The van der Waals surface area contributed by atoms with Crippen LogP contribution in [0, 0.1) is 11.6 Å². The summed E-state index contributed by atoms with van der Waals surface area (Å²) in [6, 6.07) is 10.9. The number of rotatable bonds is 4. The standard InChI is InChI=1S/C17H11F2N3O2/c18-12-7-13(19)9-14(8-12)24-16-4-2-1-3-15(16)22-17(23)11-5-6-20-21-10-11/h1-10H,(H,22,23). The van der Waals surface area contributed by atoms with E-state index in [0.717, 1.165) is 18.2 Å². The molecule has 7 heteroatoms. The van der Waals surface area contributed by atoms with Gasteiger partial charge in [-0.25, -0.2) is 8.78 Å². The predicted octanol–water partition coefficient (Wildman–Crippen LogP) is 3.80. The molecule has 0 radical (unpaired) electrons. The molecular weight excluding hydrogens is 316 g/mol. The van der Waals surface area contributed by atoms with Gasteiger partial charge in [-0.05, 0) is 18.2 Å². The summed E-state index contributed by atoms with van der Waals surface area (Å²) in [7, 11) is 0. The van der Waals surface area contributed by atoms with Crippen molar-refractivity contribution in [1.29, 1.82) is 0 Å². The third kappa shape index (κ3) is 3.70. The van der Waals surface area contributed by atoms with Gasteiger partial charge < -0.3 is 10.1 Å². The van der Waals surface area contributed by atoms with Crippen molar-refractivity contribution >= 4 is 11.6 Å². The van der Waals surface area contributed by atoms with E-state index in [1.165, 1.54) is 18.5 Å². The summed E-state index contributed by atoms with van der Waals surface area (Å²) in [6.07, 6.45) is 2.72. The normalized spacial score (nSPS) is 10.2. The Morgan fingerprint density at radius 2 is 1.75 bits per heavy atom. The number of hydrogen-bond donors (Lipinski definition) is 1. The zero-order chi connectivity index (χ0) is 16.9. The van der Waals surface area contributed by atoms with Gasteiger partial charge in [0.15, 0.2) is 5.75 Å². The van der Waals surface area contributed by atoms with Gasteiger partial charge >= 0.3 is 0 Å². The second-order valence-corrected chi connectivity index (χ2v) is 4.79. The van der Waals surface area contributed by atoms with Crippen molar-refractivity contribution in [2.75, 3.05) is 5.32 Å². The van der Waals surface area contributed by atoms with Crippen LogP contribution in [0.4, 0.5) is 14.5 Å². The number of para-hydroxylation sites is 2. The highest BCUT2D eigenvalue weighted by Gasteiger charge is 2.11. The van der Waals surface area contributed by atoms with E-state index in [0.29, 0.717) is 11.3 Å². The molecule has 5 nitrogen and oxygen atoms in total. The first-order valence-electron chi connectivity index (χ1n) is 6.93.